The van der Waals surface area contributed by atoms with Crippen LogP contribution in [0.5, 0.6) is 0 Å². The molecule has 4 heteroatoms. The lowest BCUT2D eigenvalue weighted by Gasteiger charge is -2.03. The third-order valence-corrected chi connectivity index (χ3v) is 3.55. The summed E-state index contributed by atoms with van der Waals surface area (Å²) in [6.45, 7) is 2.65. The molecular weight excluding hydrogens is 286 g/mol. The number of oxazole rings is 1. The molecule has 0 atom stereocenters. The number of rotatable bonds is 5. The van der Waals surface area contributed by atoms with E-state index in [-0.39, 0.29) is 0 Å². The highest BCUT2D eigenvalue weighted by Gasteiger charge is 2.13. The summed E-state index contributed by atoms with van der Waals surface area (Å²) in [5, 5.41) is 12.4. The molecule has 0 bridgehead atoms. The Balaban J connectivity index is 1.72. The molecule has 0 saturated heterocycles. The van der Waals surface area contributed by atoms with Gasteiger partial charge in [0.05, 0.1) is 0 Å². The first-order chi connectivity index (χ1) is 11.2. The number of aromatic nitrogens is 1. The van der Waals surface area contributed by atoms with E-state index in [2.05, 4.69) is 47.6 Å². The number of hydrogen-bond acceptors (Lipinski definition) is 4. The normalized spacial score (nSPS) is 10.3. The molecule has 1 N–H and O–H groups in total. The van der Waals surface area contributed by atoms with Crippen molar-refractivity contribution >= 4 is 5.88 Å². The second kappa shape index (κ2) is 6.80. The molecule has 0 fully saturated rings. The molecule has 0 aliphatic rings. The monoisotopic (exact) mass is 303 g/mol. The molecule has 3 rings (SSSR count). The van der Waals surface area contributed by atoms with Crippen molar-refractivity contribution in [2.45, 2.75) is 19.9 Å². The molecule has 0 unspecified atom stereocenters. The summed E-state index contributed by atoms with van der Waals surface area (Å²) in [6, 6.07) is 20.2. The van der Waals surface area contributed by atoms with Gasteiger partial charge in [-0.3, -0.25) is 0 Å². The van der Waals surface area contributed by atoms with Crippen molar-refractivity contribution in [3.8, 4) is 6.07 Å². The molecule has 23 heavy (non-hydrogen) atoms. The fourth-order valence-corrected chi connectivity index (χ4v) is 2.29. The molecule has 0 spiro atoms. The van der Waals surface area contributed by atoms with Crippen molar-refractivity contribution in [1.29, 1.82) is 5.26 Å². The van der Waals surface area contributed by atoms with Crippen LogP contribution in [0, 0.1) is 18.3 Å². The van der Waals surface area contributed by atoms with Crippen molar-refractivity contribution in [3.63, 3.8) is 0 Å². The third kappa shape index (κ3) is 3.78. The Bertz CT molecular complexity index is 814. The van der Waals surface area contributed by atoms with E-state index in [1.54, 1.807) is 0 Å². The second-order valence-electron chi connectivity index (χ2n) is 5.40. The Morgan fingerprint density at radius 3 is 2.48 bits per heavy atom. The molecule has 0 aliphatic carbocycles. The minimum absolute atomic E-state index is 0.294. The standard InChI is InChI=1S/C19H17N3O/c1-14-7-9-16(10-8-14)13-21-19-17(12-20)22-18(23-19)11-15-5-3-2-4-6-15/h2-10,21H,11,13H2,1H3. The highest BCUT2D eigenvalue weighted by Crippen LogP contribution is 2.20. The van der Waals surface area contributed by atoms with Crippen molar-refractivity contribution in [2.24, 2.45) is 0 Å². The lowest BCUT2D eigenvalue weighted by atomic mass is 10.1. The van der Waals surface area contributed by atoms with E-state index in [1.165, 1.54) is 5.56 Å². The first-order valence-electron chi connectivity index (χ1n) is 7.48. The first kappa shape index (κ1) is 14.9. The maximum absolute atomic E-state index is 9.22. The minimum Gasteiger partial charge on any atom is -0.423 e. The van der Waals surface area contributed by atoms with Crippen molar-refractivity contribution in [2.75, 3.05) is 5.32 Å². The lowest BCUT2D eigenvalue weighted by molar-refractivity contribution is 0.517. The van der Waals surface area contributed by atoms with Crippen LogP contribution in [0.1, 0.15) is 28.3 Å². The van der Waals surface area contributed by atoms with Crippen LogP contribution in [0.4, 0.5) is 5.88 Å². The molecule has 1 aromatic heterocycles. The van der Waals surface area contributed by atoms with E-state index in [4.69, 9.17) is 4.42 Å². The predicted molar refractivity (Wildman–Crippen MR) is 89.0 cm³/mol. The van der Waals surface area contributed by atoms with E-state index in [9.17, 15) is 5.26 Å². The largest absolute Gasteiger partial charge is 0.423 e. The molecule has 0 aliphatic heterocycles. The van der Waals surface area contributed by atoms with Crippen LogP contribution in [0.15, 0.2) is 59.0 Å². The molecular formula is C19H17N3O. The SMILES string of the molecule is Cc1ccc(CNc2oc(Cc3ccccc3)nc2C#N)cc1. The molecule has 0 amide bonds. The first-order valence-corrected chi connectivity index (χ1v) is 7.48. The van der Waals surface area contributed by atoms with Gasteiger partial charge in [-0.25, -0.2) is 4.98 Å². The van der Waals surface area contributed by atoms with Crippen LogP contribution in [0.3, 0.4) is 0 Å². The highest BCUT2D eigenvalue weighted by atomic mass is 16.4. The van der Waals surface area contributed by atoms with Crippen molar-refractivity contribution < 1.29 is 4.42 Å². The van der Waals surface area contributed by atoms with E-state index < -0.39 is 0 Å². The Kier molecular flexibility index (Phi) is 4.39. The number of benzene rings is 2. The van der Waals surface area contributed by atoms with Crippen molar-refractivity contribution in [1.82, 2.24) is 4.98 Å². The molecule has 0 radical (unpaired) electrons. The summed E-state index contributed by atoms with van der Waals surface area (Å²) < 4.78 is 5.71. The van der Waals surface area contributed by atoms with E-state index in [0.29, 0.717) is 30.4 Å². The fraction of sp³-hybridized carbons (Fsp3) is 0.158. The second-order valence-corrected chi connectivity index (χ2v) is 5.40. The molecule has 4 nitrogen and oxygen atoms in total. The maximum atomic E-state index is 9.22. The van der Waals surface area contributed by atoms with Gasteiger partial charge in [-0.2, -0.15) is 5.26 Å². The van der Waals surface area contributed by atoms with Gasteiger partial charge >= 0.3 is 0 Å². The van der Waals surface area contributed by atoms with E-state index in [0.717, 1.165) is 11.1 Å². The van der Waals surface area contributed by atoms with Crippen LogP contribution in [-0.2, 0) is 13.0 Å². The topological polar surface area (TPSA) is 61.9 Å². The molecule has 1 heterocycles. The Labute approximate surface area is 135 Å². The zero-order valence-electron chi connectivity index (χ0n) is 12.9. The molecule has 2 aromatic carbocycles. The van der Waals surface area contributed by atoms with Gasteiger partial charge in [0.2, 0.25) is 17.5 Å². The van der Waals surface area contributed by atoms with E-state index in [1.807, 2.05) is 30.3 Å². The number of nitrogens with one attached hydrogen (secondary N) is 1. The zero-order valence-corrected chi connectivity index (χ0v) is 12.9. The van der Waals surface area contributed by atoms with Gasteiger partial charge in [-0.1, -0.05) is 60.2 Å². The Hall–Kier alpha value is -3.06. The summed E-state index contributed by atoms with van der Waals surface area (Å²) >= 11 is 0. The summed E-state index contributed by atoms with van der Waals surface area (Å²) in [5.41, 5.74) is 3.74. The number of anilines is 1. The summed E-state index contributed by atoms with van der Waals surface area (Å²) in [4.78, 5) is 4.26. The lowest BCUT2D eigenvalue weighted by Crippen LogP contribution is -1.99. The number of nitrogens with zero attached hydrogens (tertiary/aromatic N) is 2. The predicted octanol–water partition coefficient (Wildman–Crippen LogP) is 4.06. The Morgan fingerprint density at radius 2 is 1.78 bits per heavy atom. The van der Waals surface area contributed by atoms with Gasteiger partial charge < -0.3 is 9.73 Å². The van der Waals surface area contributed by atoms with E-state index >= 15 is 0 Å². The third-order valence-electron chi connectivity index (χ3n) is 3.55. The van der Waals surface area contributed by atoms with Gasteiger partial charge in [-0.05, 0) is 18.1 Å². The zero-order chi connectivity index (χ0) is 16.1. The average molecular weight is 303 g/mol. The summed E-state index contributed by atoms with van der Waals surface area (Å²) in [5.74, 6) is 0.971. The smallest absolute Gasteiger partial charge is 0.232 e. The Morgan fingerprint density at radius 1 is 1.04 bits per heavy atom. The summed E-state index contributed by atoms with van der Waals surface area (Å²) in [6.07, 6.45) is 0.571. The van der Waals surface area contributed by atoms with Crippen LogP contribution < -0.4 is 5.32 Å². The van der Waals surface area contributed by atoms with Crippen molar-refractivity contribution in [3.05, 3.63) is 82.9 Å². The molecule has 0 saturated carbocycles. The van der Waals surface area contributed by atoms with Gasteiger partial charge in [0.1, 0.15) is 6.07 Å². The summed E-state index contributed by atoms with van der Waals surface area (Å²) in [7, 11) is 0. The fourth-order valence-electron chi connectivity index (χ4n) is 2.29. The van der Waals surface area contributed by atoms with Crippen LogP contribution in [0.25, 0.3) is 0 Å². The minimum atomic E-state index is 0.294. The van der Waals surface area contributed by atoms with Gasteiger partial charge in [0, 0.05) is 13.0 Å². The molecule has 3 aromatic rings. The van der Waals surface area contributed by atoms with Crippen LogP contribution in [-0.4, -0.2) is 4.98 Å². The van der Waals surface area contributed by atoms with Crippen LogP contribution >= 0.6 is 0 Å². The number of aryl methyl sites for hydroxylation is 1. The van der Waals surface area contributed by atoms with Gasteiger partial charge in [0.15, 0.2) is 0 Å². The van der Waals surface area contributed by atoms with Gasteiger partial charge in [-0.15, -0.1) is 0 Å². The quantitative estimate of drug-likeness (QED) is 0.772. The molecule has 114 valence electrons. The number of nitriles is 1. The number of hydrogen-bond donors (Lipinski definition) is 1. The highest BCUT2D eigenvalue weighted by molar-refractivity contribution is 5.46. The average Bonchev–Trinajstić information content (AvgIpc) is 2.97. The van der Waals surface area contributed by atoms with Crippen LogP contribution in [0.2, 0.25) is 0 Å². The maximum Gasteiger partial charge on any atom is 0.232 e. The van der Waals surface area contributed by atoms with Gasteiger partial charge in [0.25, 0.3) is 0 Å².